The van der Waals surface area contributed by atoms with Gasteiger partial charge in [0.25, 0.3) is 0 Å². The summed E-state index contributed by atoms with van der Waals surface area (Å²) in [6.45, 7) is 4.40. The monoisotopic (exact) mass is 237 g/mol. The van der Waals surface area contributed by atoms with Gasteiger partial charge in [-0.15, -0.1) is 0 Å². The molecule has 1 amide bonds. The van der Waals surface area contributed by atoms with Crippen LogP contribution in [0.4, 0.5) is 0 Å². The topological polar surface area (TPSA) is 47.3 Å². The molecule has 0 saturated carbocycles. The molecule has 0 spiro atoms. The van der Waals surface area contributed by atoms with Gasteiger partial charge in [-0.3, -0.25) is 9.69 Å². The van der Waals surface area contributed by atoms with Crippen molar-refractivity contribution in [1.82, 2.24) is 9.80 Å². The van der Waals surface area contributed by atoms with Crippen LogP contribution in [0.1, 0.15) is 39.0 Å². The van der Waals surface area contributed by atoms with E-state index in [4.69, 9.17) is 5.26 Å². The highest BCUT2D eigenvalue weighted by atomic mass is 16.2. The standard InChI is InChI=1S/C13H23N3O/c1-12(15(2)9-7-8-14)13(17)16-10-5-3-4-6-11-16/h12H,3-7,9-11H2,1-2H3. The number of nitriles is 1. The number of carbonyl (C=O) groups excluding carboxylic acids is 1. The van der Waals surface area contributed by atoms with Gasteiger partial charge >= 0.3 is 0 Å². The van der Waals surface area contributed by atoms with E-state index in [-0.39, 0.29) is 11.9 Å². The van der Waals surface area contributed by atoms with Crippen LogP contribution >= 0.6 is 0 Å². The first kappa shape index (κ1) is 14.0. The lowest BCUT2D eigenvalue weighted by Crippen LogP contribution is -2.46. The van der Waals surface area contributed by atoms with Crippen molar-refractivity contribution in [1.29, 1.82) is 5.26 Å². The van der Waals surface area contributed by atoms with Gasteiger partial charge in [0.15, 0.2) is 0 Å². The van der Waals surface area contributed by atoms with E-state index in [0.717, 1.165) is 25.9 Å². The molecule has 0 bridgehead atoms. The first-order valence-electron chi connectivity index (χ1n) is 6.53. The van der Waals surface area contributed by atoms with Crippen LogP contribution in [0.3, 0.4) is 0 Å². The fourth-order valence-corrected chi connectivity index (χ4v) is 2.16. The maximum atomic E-state index is 12.3. The van der Waals surface area contributed by atoms with E-state index in [0.29, 0.717) is 13.0 Å². The molecule has 1 atom stereocenters. The molecule has 1 aliphatic heterocycles. The van der Waals surface area contributed by atoms with Gasteiger partial charge < -0.3 is 4.90 Å². The Labute approximate surface area is 104 Å². The molecule has 0 radical (unpaired) electrons. The van der Waals surface area contributed by atoms with E-state index in [2.05, 4.69) is 6.07 Å². The molecule has 1 fully saturated rings. The van der Waals surface area contributed by atoms with Crippen LogP contribution in [0, 0.1) is 11.3 Å². The van der Waals surface area contributed by atoms with Crippen molar-refractivity contribution >= 4 is 5.91 Å². The molecule has 96 valence electrons. The second kappa shape index (κ2) is 7.29. The van der Waals surface area contributed by atoms with Crippen LogP contribution in [0.2, 0.25) is 0 Å². The summed E-state index contributed by atoms with van der Waals surface area (Å²) in [5, 5.41) is 8.55. The van der Waals surface area contributed by atoms with E-state index >= 15 is 0 Å². The quantitative estimate of drug-likeness (QED) is 0.746. The summed E-state index contributed by atoms with van der Waals surface area (Å²) in [6.07, 6.45) is 5.21. The minimum Gasteiger partial charge on any atom is -0.341 e. The zero-order valence-electron chi connectivity index (χ0n) is 11.0. The normalized spacial score (nSPS) is 18.6. The van der Waals surface area contributed by atoms with Crippen LogP contribution in [-0.2, 0) is 4.79 Å². The molecule has 0 aromatic rings. The Balaban J connectivity index is 2.46. The van der Waals surface area contributed by atoms with Crippen molar-refractivity contribution in [2.75, 3.05) is 26.7 Å². The van der Waals surface area contributed by atoms with Gasteiger partial charge in [-0.25, -0.2) is 0 Å². The zero-order chi connectivity index (χ0) is 12.7. The predicted octanol–water partition coefficient (Wildman–Crippen LogP) is 1.62. The van der Waals surface area contributed by atoms with E-state index in [1.165, 1.54) is 12.8 Å². The van der Waals surface area contributed by atoms with Crippen LogP contribution in [0.15, 0.2) is 0 Å². The Morgan fingerprint density at radius 2 is 1.94 bits per heavy atom. The van der Waals surface area contributed by atoms with Crippen molar-refractivity contribution < 1.29 is 4.79 Å². The highest BCUT2D eigenvalue weighted by molar-refractivity contribution is 5.81. The Morgan fingerprint density at radius 3 is 2.47 bits per heavy atom. The van der Waals surface area contributed by atoms with Gasteiger partial charge in [-0.1, -0.05) is 12.8 Å². The van der Waals surface area contributed by atoms with Gasteiger partial charge in [0.05, 0.1) is 12.1 Å². The SMILES string of the molecule is CC(C(=O)N1CCCCCC1)N(C)CCC#N. The average molecular weight is 237 g/mol. The van der Waals surface area contributed by atoms with Crippen molar-refractivity contribution in [3.63, 3.8) is 0 Å². The highest BCUT2D eigenvalue weighted by Gasteiger charge is 2.23. The van der Waals surface area contributed by atoms with E-state index < -0.39 is 0 Å². The second-order valence-electron chi connectivity index (χ2n) is 4.80. The van der Waals surface area contributed by atoms with Crippen molar-refractivity contribution in [2.45, 2.75) is 45.1 Å². The number of hydrogen-bond acceptors (Lipinski definition) is 3. The van der Waals surface area contributed by atoms with Gasteiger partial charge in [0.1, 0.15) is 0 Å². The largest absolute Gasteiger partial charge is 0.341 e. The summed E-state index contributed by atoms with van der Waals surface area (Å²) in [5.74, 6) is 0.215. The number of nitrogens with zero attached hydrogens (tertiary/aromatic N) is 3. The summed E-state index contributed by atoms with van der Waals surface area (Å²) in [7, 11) is 1.91. The highest BCUT2D eigenvalue weighted by Crippen LogP contribution is 2.12. The van der Waals surface area contributed by atoms with Crippen LogP contribution in [-0.4, -0.2) is 48.4 Å². The van der Waals surface area contributed by atoms with E-state index in [1.54, 1.807) is 0 Å². The maximum absolute atomic E-state index is 12.3. The number of hydrogen-bond donors (Lipinski definition) is 0. The molecule has 4 heteroatoms. The number of likely N-dealkylation sites (N-methyl/N-ethyl adjacent to an activating group) is 1. The number of amides is 1. The second-order valence-corrected chi connectivity index (χ2v) is 4.80. The lowest BCUT2D eigenvalue weighted by Gasteiger charge is -2.29. The lowest BCUT2D eigenvalue weighted by atomic mass is 10.2. The Hall–Kier alpha value is -1.08. The van der Waals surface area contributed by atoms with Crippen LogP contribution in [0.25, 0.3) is 0 Å². The van der Waals surface area contributed by atoms with Crippen molar-refractivity contribution in [3.05, 3.63) is 0 Å². The third kappa shape index (κ3) is 4.35. The van der Waals surface area contributed by atoms with E-state index in [9.17, 15) is 4.79 Å². The van der Waals surface area contributed by atoms with E-state index in [1.807, 2.05) is 23.8 Å². The van der Waals surface area contributed by atoms with Gasteiger partial charge in [-0.05, 0) is 26.8 Å². The fraction of sp³-hybridized carbons (Fsp3) is 0.846. The first-order valence-corrected chi connectivity index (χ1v) is 6.53. The lowest BCUT2D eigenvalue weighted by molar-refractivity contribution is -0.135. The molecule has 0 aromatic heterocycles. The predicted molar refractivity (Wildman–Crippen MR) is 67.4 cm³/mol. The maximum Gasteiger partial charge on any atom is 0.239 e. The minimum absolute atomic E-state index is 0.110. The summed E-state index contributed by atoms with van der Waals surface area (Å²) in [6, 6.07) is 2.01. The molecule has 4 nitrogen and oxygen atoms in total. The first-order chi connectivity index (χ1) is 8.16. The fourth-order valence-electron chi connectivity index (χ4n) is 2.16. The molecule has 17 heavy (non-hydrogen) atoms. The van der Waals surface area contributed by atoms with Crippen LogP contribution in [0.5, 0.6) is 0 Å². The molecular weight excluding hydrogens is 214 g/mol. The average Bonchev–Trinajstić information content (AvgIpc) is 2.62. The Kier molecular flexibility index (Phi) is 5.99. The molecule has 1 aliphatic rings. The molecule has 1 unspecified atom stereocenters. The number of likely N-dealkylation sites (tertiary alicyclic amines) is 1. The Morgan fingerprint density at radius 1 is 1.35 bits per heavy atom. The third-order valence-corrected chi connectivity index (χ3v) is 3.51. The Bertz CT molecular complexity index is 277. The zero-order valence-corrected chi connectivity index (χ0v) is 11.0. The summed E-state index contributed by atoms with van der Waals surface area (Å²) < 4.78 is 0. The van der Waals surface area contributed by atoms with Crippen molar-refractivity contribution in [3.8, 4) is 6.07 Å². The summed E-state index contributed by atoms with van der Waals surface area (Å²) in [5.41, 5.74) is 0. The number of carbonyl (C=O) groups is 1. The molecule has 0 aliphatic carbocycles. The number of rotatable bonds is 4. The molecule has 1 saturated heterocycles. The summed E-state index contributed by atoms with van der Waals surface area (Å²) in [4.78, 5) is 16.2. The van der Waals surface area contributed by atoms with Gasteiger partial charge in [-0.2, -0.15) is 5.26 Å². The molecule has 1 heterocycles. The molecule has 0 aromatic carbocycles. The van der Waals surface area contributed by atoms with Gasteiger partial charge in [0.2, 0.25) is 5.91 Å². The minimum atomic E-state index is -0.110. The third-order valence-electron chi connectivity index (χ3n) is 3.51. The molecule has 0 N–H and O–H groups in total. The molecule has 1 rings (SSSR count). The molecular formula is C13H23N3O. The van der Waals surface area contributed by atoms with Crippen molar-refractivity contribution in [2.24, 2.45) is 0 Å². The van der Waals surface area contributed by atoms with Crippen LogP contribution < -0.4 is 0 Å². The summed E-state index contributed by atoms with van der Waals surface area (Å²) >= 11 is 0. The smallest absolute Gasteiger partial charge is 0.239 e. The van der Waals surface area contributed by atoms with Gasteiger partial charge in [0, 0.05) is 26.1 Å².